The lowest BCUT2D eigenvalue weighted by Gasteiger charge is -2.45. The molecule has 4 aliphatic rings. The highest BCUT2D eigenvalue weighted by Gasteiger charge is 2.61. The van der Waals surface area contributed by atoms with Gasteiger partial charge in [0.05, 0.1) is 17.5 Å². The molecule has 2 amide bonds. The van der Waals surface area contributed by atoms with E-state index in [1.165, 1.54) is 4.90 Å². The molecule has 3 aromatic carbocycles. The van der Waals surface area contributed by atoms with Crippen molar-refractivity contribution in [3.8, 4) is 5.75 Å². The molecule has 0 saturated carbocycles. The van der Waals surface area contributed by atoms with Gasteiger partial charge >= 0.3 is 5.97 Å². The quantitative estimate of drug-likeness (QED) is 0.647. The van der Waals surface area contributed by atoms with Crippen LogP contribution in [0.2, 0.25) is 0 Å². The van der Waals surface area contributed by atoms with Crippen molar-refractivity contribution in [2.45, 2.75) is 11.8 Å². The summed E-state index contributed by atoms with van der Waals surface area (Å²) in [6.07, 6.45) is 0. The van der Waals surface area contributed by atoms with Crippen molar-refractivity contribution in [1.82, 2.24) is 0 Å². The third-order valence-corrected chi connectivity index (χ3v) is 6.91. The van der Waals surface area contributed by atoms with Crippen molar-refractivity contribution in [2.24, 2.45) is 11.8 Å². The Morgan fingerprint density at radius 1 is 0.750 bits per heavy atom. The molecule has 1 fully saturated rings. The zero-order valence-corrected chi connectivity index (χ0v) is 17.0. The number of ether oxygens (including phenoxy) is 1. The van der Waals surface area contributed by atoms with Gasteiger partial charge in [-0.15, -0.1) is 0 Å². The molecule has 2 atom stereocenters. The molecule has 1 saturated heterocycles. The van der Waals surface area contributed by atoms with Crippen LogP contribution in [0.25, 0.3) is 0 Å². The van der Waals surface area contributed by atoms with Crippen LogP contribution in [0.15, 0.2) is 72.8 Å². The molecule has 3 aromatic rings. The molecular formula is C26H19NO5. The SMILES string of the molecule is O=C(O)COc1ccc(N2C(=O)[C@@H]3C4c5ccccc5C(c5ccccc54)[C@H]3C2=O)cc1. The number of benzene rings is 3. The van der Waals surface area contributed by atoms with Gasteiger partial charge in [0, 0.05) is 11.8 Å². The minimum atomic E-state index is -1.07. The van der Waals surface area contributed by atoms with Gasteiger partial charge in [-0.25, -0.2) is 9.69 Å². The van der Waals surface area contributed by atoms with Gasteiger partial charge in [0.25, 0.3) is 0 Å². The van der Waals surface area contributed by atoms with Crippen LogP contribution < -0.4 is 9.64 Å². The van der Waals surface area contributed by atoms with Crippen LogP contribution in [-0.2, 0) is 14.4 Å². The van der Waals surface area contributed by atoms with Crippen molar-refractivity contribution < 1.29 is 24.2 Å². The van der Waals surface area contributed by atoms with Crippen LogP contribution in [0.1, 0.15) is 34.1 Å². The lowest BCUT2D eigenvalue weighted by atomic mass is 9.55. The topological polar surface area (TPSA) is 83.9 Å². The number of carboxylic acids is 1. The Kier molecular flexibility index (Phi) is 3.99. The maximum atomic E-state index is 13.7. The highest BCUT2D eigenvalue weighted by molar-refractivity contribution is 6.23. The van der Waals surface area contributed by atoms with E-state index in [4.69, 9.17) is 9.84 Å². The number of aliphatic carboxylic acids is 1. The highest BCUT2D eigenvalue weighted by Crippen LogP contribution is 2.61. The smallest absolute Gasteiger partial charge is 0.341 e. The van der Waals surface area contributed by atoms with E-state index in [1.807, 2.05) is 24.3 Å². The monoisotopic (exact) mass is 425 g/mol. The van der Waals surface area contributed by atoms with Gasteiger partial charge in [-0.3, -0.25) is 9.59 Å². The summed E-state index contributed by atoms with van der Waals surface area (Å²) < 4.78 is 5.17. The molecule has 0 aromatic heterocycles. The second-order valence-corrected chi connectivity index (χ2v) is 8.45. The van der Waals surface area contributed by atoms with E-state index in [-0.39, 0.29) is 23.7 Å². The molecule has 6 nitrogen and oxygen atoms in total. The molecule has 6 heteroatoms. The minimum Gasteiger partial charge on any atom is -0.482 e. The van der Waals surface area contributed by atoms with E-state index >= 15 is 0 Å². The number of imide groups is 1. The Hall–Kier alpha value is -3.93. The number of carbonyl (C=O) groups excluding carboxylic acids is 2. The Labute approximate surface area is 184 Å². The number of anilines is 1. The zero-order valence-electron chi connectivity index (χ0n) is 17.0. The van der Waals surface area contributed by atoms with Gasteiger partial charge in [0.2, 0.25) is 11.8 Å². The van der Waals surface area contributed by atoms with E-state index in [0.717, 1.165) is 22.3 Å². The van der Waals surface area contributed by atoms with Crippen molar-refractivity contribution in [2.75, 3.05) is 11.5 Å². The van der Waals surface area contributed by atoms with Gasteiger partial charge in [-0.2, -0.15) is 0 Å². The molecule has 2 bridgehead atoms. The molecular weight excluding hydrogens is 406 g/mol. The third kappa shape index (κ3) is 2.49. The molecule has 0 radical (unpaired) electrons. The summed E-state index contributed by atoms with van der Waals surface area (Å²) in [5.41, 5.74) is 5.02. The van der Waals surface area contributed by atoms with Crippen LogP contribution in [0.4, 0.5) is 5.69 Å². The normalized spacial score (nSPS) is 24.7. The van der Waals surface area contributed by atoms with Crippen LogP contribution in [0, 0.1) is 11.8 Å². The molecule has 3 aliphatic carbocycles. The number of hydrogen-bond donors (Lipinski definition) is 1. The number of carboxylic acid groups (broad SMARTS) is 1. The Morgan fingerprint density at radius 2 is 1.19 bits per heavy atom. The lowest BCUT2D eigenvalue weighted by Crippen LogP contribution is -2.41. The number of carbonyl (C=O) groups is 3. The van der Waals surface area contributed by atoms with Gasteiger partial charge in [-0.05, 0) is 46.5 Å². The summed E-state index contributed by atoms with van der Waals surface area (Å²) in [7, 11) is 0. The first-order valence-corrected chi connectivity index (χ1v) is 10.6. The highest BCUT2D eigenvalue weighted by atomic mass is 16.5. The molecule has 0 unspecified atom stereocenters. The summed E-state index contributed by atoms with van der Waals surface area (Å²) in [5.74, 6) is -2.21. The molecule has 0 spiro atoms. The fraction of sp³-hybridized carbons (Fsp3) is 0.192. The first-order valence-electron chi connectivity index (χ1n) is 10.6. The van der Waals surface area contributed by atoms with Crippen LogP contribution in [0.3, 0.4) is 0 Å². The van der Waals surface area contributed by atoms with Crippen molar-refractivity contribution in [3.05, 3.63) is 95.1 Å². The maximum Gasteiger partial charge on any atom is 0.341 e. The third-order valence-electron chi connectivity index (χ3n) is 6.91. The standard InChI is InChI=1S/C26H19NO5/c28-20(29)13-32-15-11-9-14(10-12-15)27-25(30)23-21-16-5-1-2-6-17(16)22(24(23)26(27)31)19-8-4-3-7-18(19)21/h1-12,21-24H,13H2,(H,28,29)/t21?,22?,23-,24-/m1/s1. The first kappa shape index (κ1) is 18.8. The second-order valence-electron chi connectivity index (χ2n) is 8.45. The summed E-state index contributed by atoms with van der Waals surface area (Å²) in [6.45, 7) is -0.453. The van der Waals surface area contributed by atoms with E-state index in [0.29, 0.717) is 11.4 Å². The predicted molar refractivity (Wildman–Crippen MR) is 116 cm³/mol. The van der Waals surface area contributed by atoms with Crippen LogP contribution in [0.5, 0.6) is 5.75 Å². The van der Waals surface area contributed by atoms with Gasteiger partial charge in [0.15, 0.2) is 6.61 Å². The molecule has 7 rings (SSSR count). The second kappa shape index (κ2) is 6.79. The Bertz CT molecular complexity index is 1170. The summed E-state index contributed by atoms with van der Waals surface area (Å²) in [5, 5.41) is 8.77. The van der Waals surface area contributed by atoms with Crippen molar-refractivity contribution >= 4 is 23.5 Å². The number of nitrogens with zero attached hydrogens (tertiary/aromatic N) is 1. The van der Waals surface area contributed by atoms with E-state index in [2.05, 4.69) is 24.3 Å². The fourth-order valence-electron chi connectivity index (χ4n) is 5.77. The van der Waals surface area contributed by atoms with E-state index in [9.17, 15) is 14.4 Å². The van der Waals surface area contributed by atoms with E-state index in [1.54, 1.807) is 24.3 Å². The number of rotatable bonds is 4. The Morgan fingerprint density at radius 3 is 1.59 bits per heavy atom. The minimum absolute atomic E-state index is 0.142. The number of amides is 2. The molecule has 1 aliphatic heterocycles. The molecule has 32 heavy (non-hydrogen) atoms. The van der Waals surface area contributed by atoms with Crippen molar-refractivity contribution in [1.29, 1.82) is 0 Å². The van der Waals surface area contributed by atoms with Gasteiger partial charge < -0.3 is 9.84 Å². The summed E-state index contributed by atoms with van der Waals surface area (Å²) in [6, 6.07) is 22.7. The lowest BCUT2D eigenvalue weighted by molar-refractivity contribution is -0.139. The van der Waals surface area contributed by atoms with E-state index < -0.39 is 24.4 Å². The fourth-order valence-corrected chi connectivity index (χ4v) is 5.77. The first-order chi connectivity index (χ1) is 15.6. The van der Waals surface area contributed by atoms with Gasteiger partial charge in [-0.1, -0.05) is 48.5 Å². The predicted octanol–water partition coefficient (Wildman–Crippen LogP) is 3.55. The molecule has 158 valence electrons. The largest absolute Gasteiger partial charge is 0.482 e. The van der Waals surface area contributed by atoms with Crippen LogP contribution in [-0.4, -0.2) is 29.5 Å². The maximum absolute atomic E-state index is 13.7. The van der Waals surface area contributed by atoms with Crippen LogP contribution >= 0.6 is 0 Å². The molecule has 1 N–H and O–H groups in total. The summed E-state index contributed by atoms with van der Waals surface area (Å²) in [4.78, 5) is 39.3. The number of hydrogen-bond acceptors (Lipinski definition) is 4. The zero-order chi connectivity index (χ0) is 22.0. The van der Waals surface area contributed by atoms with Crippen molar-refractivity contribution in [3.63, 3.8) is 0 Å². The Balaban J connectivity index is 1.41. The van der Waals surface area contributed by atoms with Gasteiger partial charge in [0.1, 0.15) is 5.75 Å². The molecule has 1 heterocycles. The average molecular weight is 425 g/mol. The summed E-state index contributed by atoms with van der Waals surface area (Å²) >= 11 is 0. The average Bonchev–Trinajstić information content (AvgIpc) is 3.09.